The Bertz CT molecular complexity index is 1110. The molecule has 1 unspecified atom stereocenters. The summed E-state index contributed by atoms with van der Waals surface area (Å²) < 4.78 is 102. The van der Waals surface area contributed by atoms with Crippen LogP contribution in [-0.4, -0.2) is 46.4 Å². The van der Waals surface area contributed by atoms with Gasteiger partial charge in [0.05, 0.1) is 28.1 Å². The number of hydrogen-bond acceptors (Lipinski definition) is 6. The van der Waals surface area contributed by atoms with Crippen LogP contribution in [0.2, 0.25) is 0 Å². The van der Waals surface area contributed by atoms with Crippen LogP contribution < -0.4 is 0 Å². The van der Waals surface area contributed by atoms with Gasteiger partial charge in [0, 0.05) is 11.5 Å². The van der Waals surface area contributed by atoms with Crippen molar-refractivity contribution in [2.24, 2.45) is 0 Å². The number of rotatable bonds is 7. The van der Waals surface area contributed by atoms with Gasteiger partial charge in [0.25, 0.3) is 5.69 Å². The summed E-state index contributed by atoms with van der Waals surface area (Å²) in [6.45, 7) is 1.09. The zero-order valence-corrected chi connectivity index (χ0v) is 17.5. The first-order valence-electron chi connectivity index (χ1n) is 8.33. The van der Waals surface area contributed by atoms with Crippen molar-refractivity contribution in [2.45, 2.75) is 31.3 Å². The van der Waals surface area contributed by atoms with Crippen LogP contribution >= 0.6 is 11.8 Å². The first kappa shape index (κ1) is 25.3. The Morgan fingerprint density at radius 3 is 2.19 bits per heavy atom. The van der Waals surface area contributed by atoms with Crippen LogP contribution in [0.25, 0.3) is 10.9 Å². The summed E-state index contributed by atoms with van der Waals surface area (Å²) in [5.41, 5.74) is -6.03. The van der Waals surface area contributed by atoms with E-state index in [1.165, 1.54) is 0 Å². The van der Waals surface area contributed by atoms with Crippen LogP contribution in [0.1, 0.15) is 24.6 Å². The Hall–Kier alpha value is -2.00. The minimum Gasteiger partial charge on any atom is -0.384 e. The van der Waals surface area contributed by atoms with Gasteiger partial charge in [-0.2, -0.15) is 38.1 Å². The van der Waals surface area contributed by atoms with Crippen molar-refractivity contribution in [3.8, 4) is 0 Å². The van der Waals surface area contributed by atoms with E-state index in [0.717, 1.165) is 13.0 Å². The predicted molar refractivity (Wildman–Crippen MR) is 101 cm³/mol. The van der Waals surface area contributed by atoms with Crippen LogP contribution in [0.3, 0.4) is 0 Å². The van der Waals surface area contributed by atoms with Gasteiger partial charge in [0.15, 0.2) is 0 Å². The molecule has 0 radical (unpaired) electrons. The van der Waals surface area contributed by atoms with Gasteiger partial charge in [-0.3, -0.25) is 10.1 Å². The van der Waals surface area contributed by atoms with Crippen molar-refractivity contribution in [3.63, 3.8) is 0 Å². The molecule has 7 nitrogen and oxygen atoms in total. The van der Waals surface area contributed by atoms with Crippen molar-refractivity contribution < 1.29 is 44.8 Å². The zero-order chi connectivity index (χ0) is 24.0. The molecule has 0 bridgehead atoms. The van der Waals surface area contributed by atoms with Crippen LogP contribution in [0, 0.1) is 10.1 Å². The first-order valence-corrected chi connectivity index (χ1v) is 11.3. The third-order valence-electron chi connectivity index (χ3n) is 4.26. The summed E-state index contributed by atoms with van der Waals surface area (Å²) in [5.74, 6) is -1.45. The number of aliphatic hydroxyl groups is 1. The molecule has 2 rings (SSSR count). The summed E-state index contributed by atoms with van der Waals surface area (Å²) in [4.78, 5) is 9.82. The van der Waals surface area contributed by atoms with Gasteiger partial charge in [0.2, 0.25) is 10.0 Å². The number of alkyl halides is 6. The molecular formula is C16H16F6N2O5S2. The summed E-state index contributed by atoms with van der Waals surface area (Å²) in [6.07, 6.45) is -9.34. The second-order valence-electron chi connectivity index (χ2n) is 6.93. The number of halogens is 6. The first-order chi connectivity index (χ1) is 13.8. The van der Waals surface area contributed by atoms with Crippen molar-refractivity contribution in [3.05, 3.63) is 39.6 Å². The number of nitro groups is 1. The standard InChI is InChI=1S/C16H16F6N2O5S2/c1-14(25,3-4-30-8-15(17,18)19)13-6-9-5-12(24(26)27)10(16(20,21)22)7-11(9)23(13)31(2,28)29/h5-7,25H,3-4,8H2,1-2H3. The van der Waals surface area contributed by atoms with E-state index >= 15 is 0 Å². The summed E-state index contributed by atoms with van der Waals surface area (Å²) in [7, 11) is -4.32. The molecule has 0 saturated carbocycles. The van der Waals surface area contributed by atoms with Gasteiger partial charge in [-0.05, 0) is 31.2 Å². The van der Waals surface area contributed by atoms with Crippen LogP contribution in [0.5, 0.6) is 0 Å². The Balaban J connectivity index is 2.65. The van der Waals surface area contributed by atoms with Crippen LogP contribution in [-0.2, 0) is 21.8 Å². The lowest BCUT2D eigenvalue weighted by atomic mass is 9.99. The van der Waals surface area contributed by atoms with Gasteiger partial charge in [-0.25, -0.2) is 12.4 Å². The average Bonchev–Trinajstić information content (AvgIpc) is 2.95. The molecule has 0 fully saturated rings. The molecule has 1 aromatic carbocycles. The number of thioether (sulfide) groups is 1. The predicted octanol–water partition coefficient (Wildman–Crippen LogP) is 4.27. The van der Waals surface area contributed by atoms with E-state index in [1.54, 1.807) is 0 Å². The quantitative estimate of drug-likeness (QED) is 0.267. The minimum atomic E-state index is -5.17. The highest BCUT2D eigenvalue weighted by Crippen LogP contribution is 2.41. The molecule has 1 atom stereocenters. The van der Waals surface area contributed by atoms with Gasteiger partial charge < -0.3 is 5.11 Å². The fourth-order valence-electron chi connectivity index (χ4n) is 2.92. The molecule has 1 heterocycles. The Morgan fingerprint density at radius 1 is 1.16 bits per heavy atom. The highest BCUT2D eigenvalue weighted by molar-refractivity contribution is 7.99. The smallest absolute Gasteiger partial charge is 0.384 e. The number of aromatic nitrogens is 1. The third-order valence-corrected chi connectivity index (χ3v) is 6.34. The third kappa shape index (κ3) is 5.83. The van der Waals surface area contributed by atoms with E-state index in [9.17, 15) is 50.0 Å². The molecule has 1 N–H and O–H groups in total. The van der Waals surface area contributed by atoms with Crippen molar-refractivity contribution in [2.75, 3.05) is 17.8 Å². The van der Waals surface area contributed by atoms with Crippen molar-refractivity contribution >= 4 is 38.4 Å². The second kappa shape index (κ2) is 8.16. The van der Waals surface area contributed by atoms with Crippen molar-refractivity contribution in [1.29, 1.82) is 0 Å². The highest BCUT2D eigenvalue weighted by atomic mass is 32.2. The van der Waals surface area contributed by atoms with E-state index in [2.05, 4.69) is 0 Å². The van der Waals surface area contributed by atoms with Gasteiger partial charge in [-0.1, -0.05) is 0 Å². The number of benzene rings is 1. The Kier molecular flexibility index (Phi) is 6.65. The summed E-state index contributed by atoms with van der Waals surface area (Å²) in [6, 6.07) is 1.81. The fraction of sp³-hybridized carbons (Fsp3) is 0.500. The molecule has 1 aromatic heterocycles. The van der Waals surface area contributed by atoms with Crippen LogP contribution in [0.15, 0.2) is 18.2 Å². The lowest BCUT2D eigenvalue weighted by Crippen LogP contribution is -2.28. The maximum atomic E-state index is 13.3. The molecule has 0 spiro atoms. The molecule has 0 aliphatic carbocycles. The minimum absolute atomic E-state index is 0.244. The molecule has 0 aliphatic rings. The van der Waals surface area contributed by atoms with E-state index in [4.69, 9.17) is 0 Å². The number of nitro benzene ring substituents is 1. The van der Waals surface area contributed by atoms with Crippen LogP contribution in [0.4, 0.5) is 32.0 Å². The number of nitrogens with zero attached hydrogens (tertiary/aromatic N) is 2. The second-order valence-corrected chi connectivity index (χ2v) is 9.87. The molecule has 174 valence electrons. The van der Waals surface area contributed by atoms with E-state index in [0.29, 0.717) is 34.1 Å². The molecule has 0 aliphatic heterocycles. The fourth-order valence-corrected chi connectivity index (χ4v) is 4.96. The number of hydrogen-bond donors (Lipinski definition) is 1. The van der Waals surface area contributed by atoms with Gasteiger partial charge in [-0.15, -0.1) is 0 Å². The number of fused-ring (bicyclic) bond motifs is 1. The zero-order valence-electron chi connectivity index (χ0n) is 15.9. The summed E-state index contributed by atoms with van der Waals surface area (Å²) in [5, 5.41) is 21.6. The molecule has 31 heavy (non-hydrogen) atoms. The molecule has 15 heteroatoms. The molecular weight excluding hydrogens is 478 g/mol. The molecule has 0 saturated heterocycles. The highest BCUT2D eigenvalue weighted by Gasteiger charge is 2.40. The van der Waals surface area contributed by atoms with Gasteiger partial charge in [0.1, 0.15) is 11.2 Å². The van der Waals surface area contributed by atoms with E-state index in [1.807, 2.05) is 0 Å². The van der Waals surface area contributed by atoms with Gasteiger partial charge >= 0.3 is 12.4 Å². The Morgan fingerprint density at radius 2 is 1.74 bits per heavy atom. The van der Waals surface area contributed by atoms with E-state index in [-0.39, 0.29) is 17.6 Å². The molecule has 2 aromatic rings. The van der Waals surface area contributed by atoms with E-state index < -0.39 is 61.1 Å². The maximum Gasteiger partial charge on any atom is 0.423 e. The normalized spacial score (nSPS) is 15.3. The molecule has 0 amide bonds. The lowest BCUT2D eigenvalue weighted by molar-refractivity contribution is -0.387. The lowest BCUT2D eigenvalue weighted by Gasteiger charge is -2.25. The largest absolute Gasteiger partial charge is 0.423 e. The summed E-state index contributed by atoms with van der Waals surface area (Å²) >= 11 is 0.432. The monoisotopic (exact) mass is 494 g/mol. The average molecular weight is 494 g/mol. The topological polar surface area (TPSA) is 102 Å². The SMILES string of the molecule is CC(O)(CCSCC(F)(F)F)c1cc2cc([N+](=O)[O-])c(C(F)(F)F)cc2n1S(C)(=O)=O. The Labute approximate surface area is 176 Å². The maximum absolute atomic E-state index is 13.3. The van der Waals surface area contributed by atoms with Crippen molar-refractivity contribution in [1.82, 2.24) is 3.97 Å².